The van der Waals surface area contributed by atoms with Crippen molar-refractivity contribution in [3.05, 3.63) is 28.7 Å². The van der Waals surface area contributed by atoms with E-state index in [0.717, 1.165) is 6.42 Å². The maximum atomic E-state index is 10.7. The van der Waals surface area contributed by atoms with Gasteiger partial charge in [-0.1, -0.05) is 13.0 Å². The minimum atomic E-state index is -1.07. The molecule has 1 N–H and O–H groups in total. The normalized spacial score (nSPS) is 11.2. The third-order valence-corrected chi connectivity index (χ3v) is 2.49. The second-order valence-corrected chi connectivity index (χ2v) is 4.08. The van der Waals surface area contributed by atoms with E-state index in [-0.39, 0.29) is 4.91 Å². The number of carboxylic acids is 1. The third kappa shape index (κ3) is 4.00. The topological polar surface area (TPSA) is 55.8 Å². The van der Waals surface area contributed by atoms with Crippen LogP contribution in [0, 0.1) is 0 Å². The van der Waals surface area contributed by atoms with Crippen molar-refractivity contribution < 1.29 is 19.4 Å². The molecule has 0 aromatic heterocycles. The molecule has 0 saturated heterocycles. The Morgan fingerprint density at radius 3 is 2.72 bits per heavy atom. The van der Waals surface area contributed by atoms with E-state index >= 15 is 0 Å². The fourth-order valence-corrected chi connectivity index (χ4v) is 1.47. The van der Waals surface area contributed by atoms with E-state index in [1.165, 1.54) is 6.08 Å². The van der Waals surface area contributed by atoms with Crippen molar-refractivity contribution >= 4 is 24.7 Å². The van der Waals surface area contributed by atoms with Crippen molar-refractivity contribution in [1.82, 2.24) is 0 Å². The van der Waals surface area contributed by atoms with Gasteiger partial charge in [-0.3, -0.25) is 0 Å². The summed E-state index contributed by atoms with van der Waals surface area (Å²) < 4.78 is 10.7. The van der Waals surface area contributed by atoms with Gasteiger partial charge in [-0.05, 0) is 30.2 Å². The number of thiol groups is 1. The fourth-order valence-electron chi connectivity index (χ4n) is 1.32. The molecule has 98 valence electrons. The first-order valence-corrected chi connectivity index (χ1v) is 5.98. The maximum absolute atomic E-state index is 10.7. The Morgan fingerprint density at radius 1 is 1.44 bits per heavy atom. The largest absolute Gasteiger partial charge is 0.493 e. The zero-order valence-corrected chi connectivity index (χ0v) is 11.2. The summed E-state index contributed by atoms with van der Waals surface area (Å²) in [4.78, 5) is 10.6. The summed E-state index contributed by atoms with van der Waals surface area (Å²) in [6.07, 6.45) is 2.36. The molecule has 0 saturated carbocycles. The van der Waals surface area contributed by atoms with E-state index in [4.69, 9.17) is 14.6 Å². The number of hydrogen-bond acceptors (Lipinski definition) is 4. The second-order valence-electron chi connectivity index (χ2n) is 3.59. The highest BCUT2D eigenvalue weighted by Crippen LogP contribution is 2.29. The SMILES string of the molecule is CCCOc1ccc(/C=C(\S)C(=O)O)cc1OC. The van der Waals surface area contributed by atoms with Crippen LogP contribution in [0.5, 0.6) is 11.5 Å². The average molecular weight is 268 g/mol. The van der Waals surface area contributed by atoms with Crippen LogP contribution in [0.2, 0.25) is 0 Å². The summed E-state index contributed by atoms with van der Waals surface area (Å²) in [6, 6.07) is 5.22. The molecule has 0 bridgehead atoms. The predicted molar refractivity (Wildman–Crippen MR) is 73.4 cm³/mol. The van der Waals surface area contributed by atoms with Gasteiger partial charge in [0.15, 0.2) is 11.5 Å². The number of carbonyl (C=O) groups is 1. The van der Waals surface area contributed by atoms with Crippen molar-refractivity contribution in [2.45, 2.75) is 13.3 Å². The lowest BCUT2D eigenvalue weighted by atomic mass is 10.2. The number of aliphatic carboxylic acids is 1. The van der Waals surface area contributed by atoms with E-state index in [1.54, 1.807) is 25.3 Å². The molecule has 1 aromatic rings. The van der Waals surface area contributed by atoms with Crippen LogP contribution in [0.1, 0.15) is 18.9 Å². The van der Waals surface area contributed by atoms with Gasteiger partial charge in [-0.15, -0.1) is 12.6 Å². The summed E-state index contributed by atoms with van der Waals surface area (Å²) in [7, 11) is 1.54. The van der Waals surface area contributed by atoms with Crippen LogP contribution >= 0.6 is 12.6 Å². The fraction of sp³-hybridized carbons (Fsp3) is 0.308. The summed E-state index contributed by atoms with van der Waals surface area (Å²) in [5.74, 6) is 0.153. The van der Waals surface area contributed by atoms with Crippen LogP contribution in [0.15, 0.2) is 23.1 Å². The molecule has 0 aliphatic rings. The van der Waals surface area contributed by atoms with Crippen molar-refractivity contribution in [3.8, 4) is 11.5 Å². The summed E-state index contributed by atoms with van der Waals surface area (Å²) in [5.41, 5.74) is 0.697. The average Bonchev–Trinajstić information content (AvgIpc) is 2.36. The Hall–Kier alpha value is -1.62. The minimum absolute atomic E-state index is 0.0284. The molecule has 0 spiro atoms. The van der Waals surface area contributed by atoms with E-state index in [2.05, 4.69) is 12.6 Å². The zero-order chi connectivity index (χ0) is 13.5. The third-order valence-electron chi connectivity index (χ3n) is 2.17. The Labute approximate surface area is 112 Å². The Balaban J connectivity index is 2.98. The predicted octanol–water partition coefficient (Wildman–Crippen LogP) is 2.84. The van der Waals surface area contributed by atoms with Gasteiger partial charge in [0, 0.05) is 0 Å². The van der Waals surface area contributed by atoms with Gasteiger partial charge < -0.3 is 14.6 Å². The van der Waals surface area contributed by atoms with Crippen molar-refractivity contribution in [2.75, 3.05) is 13.7 Å². The van der Waals surface area contributed by atoms with Crippen molar-refractivity contribution in [2.24, 2.45) is 0 Å². The van der Waals surface area contributed by atoms with Crippen LogP contribution < -0.4 is 9.47 Å². The van der Waals surface area contributed by atoms with E-state index < -0.39 is 5.97 Å². The molecule has 0 aliphatic carbocycles. The molecule has 0 aliphatic heterocycles. The van der Waals surface area contributed by atoms with E-state index in [9.17, 15) is 4.79 Å². The molecular weight excluding hydrogens is 252 g/mol. The highest BCUT2D eigenvalue weighted by molar-refractivity contribution is 7.85. The first-order valence-electron chi connectivity index (χ1n) is 5.53. The lowest BCUT2D eigenvalue weighted by Crippen LogP contribution is -1.98. The summed E-state index contributed by atoms with van der Waals surface area (Å²) in [6.45, 7) is 2.63. The summed E-state index contributed by atoms with van der Waals surface area (Å²) in [5, 5.41) is 8.74. The molecule has 1 aromatic carbocycles. The van der Waals surface area contributed by atoms with Gasteiger partial charge in [-0.25, -0.2) is 4.79 Å². The lowest BCUT2D eigenvalue weighted by Gasteiger charge is -2.10. The van der Waals surface area contributed by atoms with Crippen molar-refractivity contribution in [1.29, 1.82) is 0 Å². The number of methoxy groups -OCH3 is 1. The van der Waals surface area contributed by atoms with E-state index in [0.29, 0.717) is 23.7 Å². The lowest BCUT2D eigenvalue weighted by molar-refractivity contribution is -0.131. The van der Waals surface area contributed by atoms with Gasteiger partial charge in [-0.2, -0.15) is 0 Å². The number of hydrogen-bond donors (Lipinski definition) is 2. The van der Waals surface area contributed by atoms with Crippen LogP contribution in [-0.4, -0.2) is 24.8 Å². The minimum Gasteiger partial charge on any atom is -0.493 e. The van der Waals surface area contributed by atoms with Gasteiger partial charge in [0.1, 0.15) is 0 Å². The molecule has 18 heavy (non-hydrogen) atoms. The van der Waals surface area contributed by atoms with Crippen molar-refractivity contribution in [3.63, 3.8) is 0 Å². The molecule has 0 radical (unpaired) electrons. The first kappa shape index (κ1) is 14.4. The molecular formula is C13H16O4S. The van der Waals surface area contributed by atoms with E-state index in [1.807, 2.05) is 6.92 Å². The highest BCUT2D eigenvalue weighted by atomic mass is 32.1. The Bertz CT molecular complexity index is 454. The monoisotopic (exact) mass is 268 g/mol. The van der Waals surface area contributed by atoms with Crippen LogP contribution in [0.3, 0.4) is 0 Å². The second kappa shape index (κ2) is 6.96. The smallest absolute Gasteiger partial charge is 0.341 e. The number of rotatable bonds is 6. The standard InChI is InChI=1S/C13H16O4S/c1-3-6-17-10-5-4-9(7-11(10)16-2)8-12(18)13(14)15/h4-5,7-8,18H,3,6H2,1-2H3,(H,14,15)/b12-8-. The Morgan fingerprint density at radius 2 is 2.17 bits per heavy atom. The maximum Gasteiger partial charge on any atom is 0.341 e. The highest BCUT2D eigenvalue weighted by Gasteiger charge is 2.06. The zero-order valence-electron chi connectivity index (χ0n) is 10.3. The molecule has 0 heterocycles. The van der Waals surface area contributed by atoms with Crippen LogP contribution in [0.25, 0.3) is 6.08 Å². The molecule has 0 atom stereocenters. The molecule has 4 nitrogen and oxygen atoms in total. The Kier molecular flexibility index (Phi) is 5.58. The summed E-state index contributed by atoms with van der Waals surface area (Å²) >= 11 is 3.87. The quantitative estimate of drug-likeness (QED) is 0.615. The van der Waals surface area contributed by atoms with Gasteiger partial charge in [0.2, 0.25) is 0 Å². The number of ether oxygens (including phenoxy) is 2. The number of carboxylic acid groups (broad SMARTS) is 1. The van der Waals surface area contributed by atoms with Crippen LogP contribution in [-0.2, 0) is 4.79 Å². The van der Waals surface area contributed by atoms with Gasteiger partial charge in [0.25, 0.3) is 0 Å². The van der Waals surface area contributed by atoms with Gasteiger partial charge in [0.05, 0.1) is 18.6 Å². The molecule has 0 unspecified atom stereocenters. The molecule has 1 rings (SSSR count). The molecule has 0 fully saturated rings. The molecule has 0 amide bonds. The van der Waals surface area contributed by atoms with Crippen LogP contribution in [0.4, 0.5) is 0 Å². The first-order chi connectivity index (χ1) is 8.58. The molecule has 5 heteroatoms. The van der Waals surface area contributed by atoms with Gasteiger partial charge >= 0.3 is 5.97 Å². The number of benzene rings is 1.